The molecule has 3 aliphatic carbocycles. The van der Waals surface area contributed by atoms with Crippen molar-refractivity contribution in [1.29, 1.82) is 0 Å². The first-order valence-electron chi connectivity index (χ1n) is 13.6. The number of hydrogen-bond acceptors (Lipinski definition) is 5. The van der Waals surface area contributed by atoms with Crippen molar-refractivity contribution < 1.29 is 37.3 Å². The van der Waals surface area contributed by atoms with Gasteiger partial charge >= 0.3 is 12.1 Å². The second kappa shape index (κ2) is 10.5. The quantitative estimate of drug-likeness (QED) is 0.436. The van der Waals surface area contributed by atoms with Crippen LogP contribution in [-0.2, 0) is 19.7 Å². The molecule has 1 aliphatic heterocycles. The zero-order valence-corrected chi connectivity index (χ0v) is 22.0. The summed E-state index contributed by atoms with van der Waals surface area (Å²) in [6, 6.07) is 1.12. The lowest BCUT2D eigenvalue weighted by molar-refractivity contribution is -0.159. The van der Waals surface area contributed by atoms with Crippen molar-refractivity contribution >= 4 is 28.9 Å². The summed E-state index contributed by atoms with van der Waals surface area (Å²) in [7, 11) is 0. The molecule has 2 heterocycles. The smallest absolute Gasteiger partial charge is 0.399 e. The van der Waals surface area contributed by atoms with Crippen LogP contribution in [0.25, 0.3) is 0 Å². The number of rotatable bonds is 7. The van der Waals surface area contributed by atoms with Crippen molar-refractivity contribution in [1.82, 2.24) is 0 Å². The molecule has 1 unspecified atom stereocenters. The summed E-state index contributed by atoms with van der Waals surface area (Å²) in [5.74, 6) is -1.11. The molecular formula is C27H36F3NO5S. The Bertz CT molecular complexity index is 985. The van der Waals surface area contributed by atoms with Gasteiger partial charge in [0.1, 0.15) is 10.3 Å². The van der Waals surface area contributed by atoms with E-state index in [0.29, 0.717) is 43.3 Å². The Labute approximate surface area is 219 Å². The predicted octanol–water partition coefficient (Wildman–Crippen LogP) is 6.32. The molecule has 1 aromatic heterocycles. The molecule has 0 spiro atoms. The third kappa shape index (κ3) is 5.43. The molecule has 6 nitrogen and oxygen atoms in total. The average Bonchev–Trinajstić information content (AvgIpc) is 3.32. The fourth-order valence-corrected chi connectivity index (χ4v) is 7.53. The molecule has 0 bridgehead atoms. The van der Waals surface area contributed by atoms with Crippen molar-refractivity contribution in [2.24, 2.45) is 11.8 Å². The average molecular weight is 544 g/mol. The Morgan fingerprint density at radius 2 is 1.73 bits per heavy atom. The second-order valence-electron chi connectivity index (χ2n) is 11.4. The van der Waals surface area contributed by atoms with Crippen LogP contribution in [0, 0.1) is 11.8 Å². The van der Waals surface area contributed by atoms with Gasteiger partial charge in [-0.15, -0.1) is 11.3 Å². The van der Waals surface area contributed by atoms with Crippen LogP contribution in [0.2, 0.25) is 0 Å². The minimum absolute atomic E-state index is 0.0146. The van der Waals surface area contributed by atoms with E-state index in [1.807, 2.05) is 0 Å². The normalized spacial score (nSPS) is 31.7. The van der Waals surface area contributed by atoms with Gasteiger partial charge in [0.15, 0.2) is 0 Å². The Hall–Kier alpha value is -1.65. The van der Waals surface area contributed by atoms with Crippen molar-refractivity contribution in [3.8, 4) is 0 Å². The first kappa shape index (κ1) is 26.9. The lowest BCUT2D eigenvalue weighted by Crippen LogP contribution is -2.47. The molecule has 0 aromatic carbocycles. The number of carboxylic acids is 1. The van der Waals surface area contributed by atoms with Crippen molar-refractivity contribution in [3.05, 3.63) is 15.8 Å². The maximum Gasteiger partial charge on any atom is 0.399 e. The summed E-state index contributed by atoms with van der Waals surface area (Å²) < 4.78 is 53.4. The molecule has 1 atom stereocenters. The molecule has 4 aliphatic rings. The van der Waals surface area contributed by atoms with Gasteiger partial charge in [-0.1, -0.05) is 6.92 Å². The van der Waals surface area contributed by atoms with E-state index >= 15 is 0 Å². The highest BCUT2D eigenvalue weighted by atomic mass is 32.1. The highest BCUT2D eigenvalue weighted by Gasteiger charge is 2.65. The van der Waals surface area contributed by atoms with Crippen LogP contribution in [0.4, 0.5) is 18.9 Å². The fraction of sp³-hybridized carbons (Fsp3) is 0.778. The molecule has 1 saturated heterocycles. The fourth-order valence-electron chi connectivity index (χ4n) is 6.27. The standard InChI is InChI=1S/C27H36F3NO5S/c1-16-2-4-17(5-3-16)24(32)31(18-6-8-19(9-7-18)36-20-10-13-35-15-20)21-14-22(37-23(21)25(33)34)26(11-12-26)27(28,29)30/h14,16-20H,2-13,15H2,1H3,(H,33,34). The van der Waals surface area contributed by atoms with Gasteiger partial charge in [0.25, 0.3) is 0 Å². The second-order valence-corrected chi connectivity index (χ2v) is 12.5. The number of anilines is 1. The number of nitrogens with zero attached hydrogens (tertiary/aromatic N) is 1. The van der Waals surface area contributed by atoms with Crippen molar-refractivity contribution in [2.75, 3.05) is 18.1 Å². The highest BCUT2D eigenvalue weighted by Crippen LogP contribution is 2.61. The molecule has 1 N–H and O–H groups in total. The van der Waals surface area contributed by atoms with Gasteiger partial charge < -0.3 is 19.5 Å². The van der Waals surface area contributed by atoms with Gasteiger partial charge in [0.05, 0.1) is 24.5 Å². The zero-order valence-electron chi connectivity index (χ0n) is 21.2. The Kier molecular flexibility index (Phi) is 7.64. The Morgan fingerprint density at radius 3 is 2.27 bits per heavy atom. The molecule has 10 heteroatoms. The van der Waals surface area contributed by atoms with Crippen molar-refractivity contribution in [3.63, 3.8) is 0 Å². The van der Waals surface area contributed by atoms with E-state index in [9.17, 15) is 27.9 Å². The largest absolute Gasteiger partial charge is 0.477 e. The van der Waals surface area contributed by atoms with E-state index in [1.54, 1.807) is 4.90 Å². The topological polar surface area (TPSA) is 76.1 Å². The molecule has 3 saturated carbocycles. The van der Waals surface area contributed by atoms with Crippen LogP contribution in [-0.4, -0.2) is 54.6 Å². The highest BCUT2D eigenvalue weighted by molar-refractivity contribution is 7.14. The van der Waals surface area contributed by atoms with Gasteiger partial charge in [0.2, 0.25) is 5.91 Å². The zero-order chi connectivity index (χ0) is 26.4. The van der Waals surface area contributed by atoms with E-state index in [0.717, 1.165) is 44.9 Å². The van der Waals surface area contributed by atoms with Crippen molar-refractivity contribution in [2.45, 2.75) is 107 Å². The van der Waals surface area contributed by atoms with E-state index in [2.05, 4.69) is 6.92 Å². The number of thiophene rings is 1. The maximum atomic E-state index is 14.0. The van der Waals surface area contributed by atoms with E-state index in [4.69, 9.17) is 9.47 Å². The summed E-state index contributed by atoms with van der Waals surface area (Å²) in [5.41, 5.74) is -1.83. The lowest BCUT2D eigenvalue weighted by Gasteiger charge is -2.40. The number of alkyl halides is 3. The number of hydrogen-bond donors (Lipinski definition) is 1. The van der Waals surface area contributed by atoms with Gasteiger partial charge in [-0.25, -0.2) is 4.79 Å². The van der Waals surface area contributed by atoms with Gasteiger partial charge in [-0.05, 0) is 82.6 Å². The summed E-state index contributed by atoms with van der Waals surface area (Å²) in [6.45, 7) is 3.44. The maximum absolute atomic E-state index is 14.0. The number of amides is 1. The van der Waals surface area contributed by atoms with E-state index in [-0.39, 0.29) is 58.4 Å². The molecule has 1 amide bonds. The van der Waals surface area contributed by atoms with Gasteiger partial charge in [-0.2, -0.15) is 13.2 Å². The predicted molar refractivity (Wildman–Crippen MR) is 133 cm³/mol. The van der Waals surface area contributed by atoms with Gasteiger partial charge in [-0.3, -0.25) is 4.79 Å². The minimum Gasteiger partial charge on any atom is -0.477 e. The molecular weight excluding hydrogens is 507 g/mol. The summed E-state index contributed by atoms with van der Waals surface area (Å²) in [5, 5.41) is 10.0. The Morgan fingerprint density at radius 1 is 1.05 bits per heavy atom. The number of ether oxygens (including phenoxy) is 2. The number of carbonyl (C=O) groups excluding carboxylic acids is 1. The van der Waals surface area contributed by atoms with Crippen LogP contribution in [0.3, 0.4) is 0 Å². The first-order chi connectivity index (χ1) is 17.6. The van der Waals surface area contributed by atoms with Crippen LogP contribution in [0.1, 0.15) is 92.1 Å². The molecule has 1 aromatic rings. The lowest BCUT2D eigenvalue weighted by atomic mass is 9.81. The third-order valence-electron chi connectivity index (χ3n) is 8.81. The van der Waals surface area contributed by atoms with E-state index < -0.39 is 17.6 Å². The third-order valence-corrected chi connectivity index (χ3v) is 10.1. The monoisotopic (exact) mass is 543 g/mol. The van der Waals surface area contributed by atoms with E-state index in [1.165, 1.54) is 6.07 Å². The number of halogens is 3. The summed E-state index contributed by atoms with van der Waals surface area (Å²) in [6.07, 6.45) is 2.45. The summed E-state index contributed by atoms with van der Waals surface area (Å²) >= 11 is 0.691. The molecule has 0 radical (unpaired) electrons. The molecule has 206 valence electrons. The minimum atomic E-state index is -4.45. The van der Waals surface area contributed by atoms with Crippen LogP contribution >= 0.6 is 11.3 Å². The first-order valence-corrected chi connectivity index (χ1v) is 14.4. The van der Waals surface area contributed by atoms with Crippen LogP contribution in [0.5, 0.6) is 0 Å². The molecule has 37 heavy (non-hydrogen) atoms. The number of carbonyl (C=O) groups is 2. The number of carboxylic acid groups (broad SMARTS) is 1. The molecule has 4 fully saturated rings. The summed E-state index contributed by atoms with van der Waals surface area (Å²) in [4.78, 5) is 27.7. The molecule has 5 rings (SSSR count). The van der Waals surface area contributed by atoms with Crippen LogP contribution < -0.4 is 4.90 Å². The SMILES string of the molecule is CC1CCC(C(=O)N(c2cc(C3(C(F)(F)F)CC3)sc2C(=O)O)C2CCC(OC3CCOC3)CC2)CC1. The van der Waals surface area contributed by atoms with Gasteiger partial charge in [0, 0.05) is 23.4 Å². The number of aromatic carboxylic acids is 1. The Balaban J connectivity index is 1.43. The van der Waals surface area contributed by atoms with Crippen LogP contribution in [0.15, 0.2) is 6.07 Å².